The molecule has 0 fully saturated rings. The Bertz CT molecular complexity index is 2700. The van der Waals surface area contributed by atoms with Crippen LogP contribution in [0.25, 0.3) is 67.3 Å². The monoisotopic (exact) mass is 700 g/mol. The molecule has 0 aliphatic heterocycles. The van der Waals surface area contributed by atoms with E-state index in [1.807, 2.05) is 12.1 Å². The molecule has 0 unspecified atom stereocenters. The van der Waals surface area contributed by atoms with E-state index < -0.39 is 5.41 Å². The molecule has 55 heavy (non-hydrogen) atoms. The van der Waals surface area contributed by atoms with Crippen LogP contribution in [0.15, 0.2) is 218 Å². The van der Waals surface area contributed by atoms with E-state index in [0.29, 0.717) is 5.82 Å². The molecule has 10 rings (SSSR count). The minimum Gasteiger partial charge on any atom is -0.228 e. The molecular formula is C53H36N2. The third-order valence-corrected chi connectivity index (χ3v) is 11.0. The van der Waals surface area contributed by atoms with Crippen LogP contribution in [0.5, 0.6) is 0 Å². The highest BCUT2D eigenvalue weighted by atomic mass is 14.9. The van der Waals surface area contributed by atoms with Crippen molar-refractivity contribution < 1.29 is 0 Å². The van der Waals surface area contributed by atoms with Crippen LogP contribution in [0.4, 0.5) is 0 Å². The highest BCUT2D eigenvalue weighted by Gasteiger charge is 2.45. The molecule has 1 heterocycles. The van der Waals surface area contributed by atoms with Crippen LogP contribution in [0.2, 0.25) is 0 Å². The highest BCUT2D eigenvalue weighted by Crippen LogP contribution is 2.56. The van der Waals surface area contributed by atoms with Crippen LogP contribution >= 0.6 is 0 Å². The molecule has 0 spiro atoms. The topological polar surface area (TPSA) is 25.8 Å². The van der Waals surface area contributed by atoms with E-state index in [1.165, 1.54) is 44.5 Å². The molecule has 9 aromatic rings. The van der Waals surface area contributed by atoms with E-state index in [0.717, 1.165) is 39.2 Å². The number of hydrogen-bond donors (Lipinski definition) is 0. The van der Waals surface area contributed by atoms with Crippen molar-refractivity contribution >= 4 is 0 Å². The van der Waals surface area contributed by atoms with Crippen LogP contribution in [-0.2, 0) is 5.41 Å². The fourth-order valence-corrected chi connectivity index (χ4v) is 8.52. The lowest BCUT2D eigenvalue weighted by Crippen LogP contribution is -2.28. The number of nitrogens with zero attached hydrogens (tertiary/aromatic N) is 2. The summed E-state index contributed by atoms with van der Waals surface area (Å²) in [6.45, 7) is 0. The largest absolute Gasteiger partial charge is 0.228 e. The van der Waals surface area contributed by atoms with Crippen LogP contribution < -0.4 is 0 Å². The van der Waals surface area contributed by atoms with Crippen molar-refractivity contribution in [2.45, 2.75) is 5.41 Å². The standard InChI is InChI=1S/C53H36N2/c1-5-18-37(19-6-1)50-36-51(38-20-7-2-8-21-38)55-52(54-50)41-23-17-22-39(34-41)44-28-13-14-29-45(44)40-32-33-49-47(35-40)46-30-15-16-31-48(46)53(49,42-24-9-3-10-25-42)43-26-11-4-12-27-43/h1-36H. The van der Waals surface area contributed by atoms with Crippen LogP contribution in [-0.4, -0.2) is 9.97 Å². The van der Waals surface area contributed by atoms with Gasteiger partial charge in [0.25, 0.3) is 0 Å². The lowest BCUT2D eigenvalue weighted by atomic mass is 9.67. The van der Waals surface area contributed by atoms with E-state index in [1.54, 1.807) is 0 Å². The fraction of sp³-hybridized carbons (Fsp3) is 0.0189. The van der Waals surface area contributed by atoms with Gasteiger partial charge in [0.1, 0.15) is 0 Å². The summed E-state index contributed by atoms with van der Waals surface area (Å²) in [7, 11) is 0. The van der Waals surface area contributed by atoms with Crippen LogP contribution in [0, 0.1) is 0 Å². The Labute approximate surface area is 322 Å². The highest BCUT2D eigenvalue weighted by molar-refractivity contribution is 5.92. The molecule has 2 heteroatoms. The Hall–Kier alpha value is -7.16. The first kappa shape index (κ1) is 32.5. The van der Waals surface area contributed by atoms with Crippen molar-refractivity contribution in [3.05, 3.63) is 241 Å². The van der Waals surface area contributed by atoms with Crippen molar-refractivity contribution in [1.82, 2.24) is 9.97 Å². The van der Waals surface area contributed by atoms with Gasteiger partial charge >= 0.3 is 0 Å². The van der Waals surface area contributed by atoms with Gasteiger partial charge in [0.15, 0.2) is 5.82 Å². The van der Waals surface area contributed by atoms with E-state index in [2.05, 4.69) is 206 Å². The van der Waals surface area contributed by atoms with Gasteiger partial charge in [0, 0.05) is 16.7 Å². The van der Waals surface area contributed by atoms with Gasteiger partial charge < -0.3 is 0 Å². The quantitative estimate of drug-likeness (QED) is 0.165. The summed E-state index contributed by atoms with van der Waals surface area (Å²) >= 11 is 0. The lowest BCUT2D eigenvalue weighted by Gasteiger charge is -2.33. The molecule has 1 aliphatic rings. The SMILES string of the molecule is c1ccc(-c2cc(-c3ccccc3)nc(-c3cccc(-c4ccccc4-c4ccc5c(c4)-c4ccccc4C5(c4ccccc4)c4ccccc4)c3)n2)cc1. The van der Waals surface area contributed by atoms with Crippen molar-refractivity contribution in [1.29, 1.82) is 0 Å². The van der Waals surface area contributed by atoms with Gasteiger partial charge in [-0.05, 0) is 73.8 Å². The zero-order valence-corrected chi connectivity index (χ0v) is 30.2. The Morgan fingerprint density at radius 3 is 1.29 bits per heavy atom. The van der Waals surface area contributed by atoms with Gasteiger partial charge in [0.2, 0.25) is 0 Å². The van der Waals surface area contributed by atoms with Gasteiger partial charge in [-0.3, -0.25) is 0 Å². The molecule has 0 N–H and O–H groups in total. The second-order valence-electron chi connectivity index (χ2n) is 14.1. The van der Waals surface area contributed by atoms with E-state index in [4.69, 9.17) is 9.97 Å². The van der Waals surface area contributed by atoms with Crippen LogP contribution in [0.3, 0.4) is 0 Å². The van der Waals surface area contributed by atoms with Crippen molar-refractivity contribution in [2.24, 2.45) is 0 Å². The minimum atomic E-state index is -0.423. The normalized spacial score (nSPS) is 12.5. The maximum Gasteiger partial charge on any atom is 0.160 e. The molecule has 1 aromatic heterocycles. The second-order valence-corrected chi connectivity index (χ2v) is 14.1. The molecule has 258 valence electrons. The Balaban J connectivity index is 1.11. The third-order valence-electron chi connectivity index (χ3n) is 11.0. The summed E-state index contributed by atoms with van der Waals surface area (Å²) in [5.74, 6) is 0.701. The summed E-state index contributed by atoms with van der Waals surface area (Å²) in [6.07, 6.45) is 0. The van der Waals surface area contributed by atoms with Gasteiger partial charge in [-0.1, -0.05) is 200 Å². The Morgan fingerprint density at radius 1 is 0.273 bits per heavy atom. The molecule has 8 aromatic carbocycles. The first-order valence-corrected chi connectivity index (χ1v) is 18.8. The number of aromatic nitrogens is 2. The first-order valence-electron chi connectivity index (χ1n) is 18.8. The smallest absolute Gasteiger partial charge is 0.160 e. The lowest BCUT2D eigenvalue weighted by molar-refractivity contribution is 0.768. The van der Waals surface area contributed by atoms with Gasteiger partial charge in [0.05, 0.1) is 16.8 Å². The van der Waals surface area contributed by atoms with Crippen molar-refractivity contribution in [3.63, 3.8) is 0 Å². The molecular weight excluding hydrogens is 665 g/mol. The molecule has 0 saturated heterocycles. The first-order chi connectivity index (χ1) is 27.3. The fourth-order valence-electron chi connectivity index (χ4n) is 8.52. The van der Waals surface area contributed by atoms with E-state index >= 15 is 0 Å². The van der Waals surface area contributed by atoms with Gasteiger partial charge in [-0.2, -0.15) is 0 Å². The predicted octanol–water partition coefficient (Wildman–Crippen LogP) is 13.2. The molecule has 0 saturated carbocycles. The molecule has 1 aliphatic carbocycles. The average molecular weight is 701 g/mol. The van der Waals surface area contributed by atoms with Gasteiger partial charge in [-0.15, -0.1) is 0 Å². The summed E-state index contributed by atoms with van der Waals surface area (Å²) in [5, 5.41) is 0. The summed E-state index contributed by atoms with van der Waals surface area (Å²) in [6, 6.07) is 78.1. The second kappa shape index (κ2) is 13.7. The Kier molecular flexibility index (Phi) is 8.08. The molecule has 0 bridgehead atoms. The van der Waals surface area contributed by atoms with Gasteiger partial charge in [-0.25, -0.2) is 9.97 Å². The minimum absolute atomic E-state index is 0.423. The van der Waals surface area contributed by atoms with E-state index in [-0.39, 0.29) is 0 Å². The summed E-state index contributed by atoms with van der Waals surface area (Å²) in [4.78, 5) is 10.3. The number of hydrogen-bond acceptors (Lipinski definition) is 2. The zero-order valence-electron chi connectivity index (χ0n) is 30.2. The van der Waals surface area contributed by atoms with Crippen molar-refractivity contribution in [3.8, 4) is 67.3 Å². The maximum atomic E-state index is 5.13. The zero-order chi connectivity index (χ0) is 36.6. The molecule has 2 nitrogen and oxygen atoms in total. The summed E-state index contributed by atoms with van der Waals surface area (Å²) < 4.78 is 0. The third kappa shape index (κ3) is 5.59. The number of rotatable bonds is 7. The number of benzene rings is 8. The van der Waals surface area contributed by atoms with Crippen LogP contribution in [0.1, 0.15) is 22.3 Å². The number of fused-ring (bicyclic) bond motifs is 3. The Morgan fingerprint density at radius 2 is 0.709 bits per heavy atom. The molecule has 0 amide bonds. The van der Waals surface area contributed by atoms with E-state index in [9.17, 15) is 0 Å². The van der Waals surface area contributed by atoms with Crippen molar-refractivity contribution in [2.75, 3.05) is 0 Å². The molecule has 0 atom stereocenters. The predicted molar refractivity (Wildman–Crippen MR) is 227 cm³/mol. The average Bonchev–Trinajstić information content (AvgIpc) is 3.58. The molecule has 0 radical (unpaired) electrons. The maximum absolute atomic E-state index is 5.13. The summed E-state index contributed by atoms with van der Waals surface area (Å²) in [5.41, 5.74) is 16.8.